The number of rotatable bonds is 1. The Morgan fingerprint density at radius 1 is 1.70 bits per heavy atom. The van der Waals surface area contributed by atoms with Gasteiger partial charge in [0, 0.05) is 6.21 Å². The van der Waals surface area contributed by atoms with Crippen LogP contribution in [0.3, 0.4) is 0 Å². The molecule has 0 amide bonds. The number of aliphatic hydroxyl groups is 1. The molecule has 1 aliphatic heterocycles. The van der Waals surface area contributed by atoms with Gasteiger partial charge in [-0.25, -0.2) is 0 Å². The summed E-state index contributed by atoms with van der Waals surface area (Å²) in [5.74, 6) is 0. The molecule has 0 aliphatic carbocycles. The molecule has 10 heavy (non-hydrogen) atoms. The van der Waals surface area contributed by atoms with Crippen LogP contribution < -0.4 is 0 Å². The van der Waals surface area contributed by atoms with Gasteiger partial charge in [-0.1, -0.05) is 11.6 Å². The Morgan fingerprint density at radius 2 is 2.50 bits per heavy atom. The third-order valence-corrected chi connectivity index (χ3v) is 1.35. The molecule has 2 nitrogen and oxygen atoms in total. The normalized spacial score (nSPS) is 17.8. The fraction of sp³-hybridized carbons (Fsp3) is 0.375. The summed E-state index contributed by atoms with van der Waals surface area (Å²) >= 11 is 0. The van der Waals surface area contributed by atoms with Crippen molar-refractivity contribution in [3.8, 4) is 0 Å². The quantitative estimate of drug-likeness (QED) is 0.573. The topological polar surface area (TPSA) is 32.6 Å². The lowest BCUT2D eigenvalue weighted by Gasteiger charge is -1.94. The minimum absolute atomic E-state index is 0.101. The Morgan fingerprint density at radius 3 is 3.20 bits per heavy atom. The van der Waals surface area contributed by atoms with E-state index in [9.17, 15) is 0 Å². The van der Waals surface area contributed by atoms with Gasteiger partial charge in [-0.3, -0.25) is 4.99 Å². The van der Waals surface area contributed by atoms with E-state index in [1.165, 1.54) is 5.57 Å². The molecule has 0 aromatic heterocycles. The lowest BCUT2D eigenvalue weighted by molar-refractivity contribution is 0.335. The van der Waals surface area contributed by atoms with E-state index in [1.807, 2.05) is 19.1 Å². The Hall–Kier alpha value is -0.890. The number of allylic oxidation sites excluding steroid dienone is 1. The van der Waals surface area contributed by atoms with E-state index in [1.54, 1.807) is 6.21 Å². The average Bonchev–Trinajstić information content (AvgIpc) is 2.13. The molecule has 1 heterocycles. The van der Waals surface area contributed by atoms with Crippen molar-refractivity contribution < 1.29 is 5.11 Å². The first kappa shape index (κ1) is 7.22. The maximum absolute atomic E-state index is 8.76. The molecule has 1 N–H and O–H groups in total. The van der Waals surface area contributed by atoms with Gasteiger partial charge in [0.1, 0.15) is 0 Å². The van der Waals surface area contributed by atoms with Crippen LogP contribution >= 0.6 is 0 Å². The maximum atomic E-state index is 8.76. The van der Waals surface area contributed by atoms with Crippen molar-refractivity contribution in [3.05, 3.63) is 23.3 Å². The molecule has 0 aromatic rings. The molecule has 0 saturated heterocycles. The van der Waals surface area contributed by atoms with Gasteiger partial charge in [0.05, 0.1) is 13.2 Å². The fourth-order valence-electron chi connectivity index (χ4n) is 0.854. The molecule has 0 aromatic carbocycles. The van der Waals surface area contributed by atoms with Gasteiger partial charge >= 0.3 is 0 Å². The highest BCUT2D eigenvalue weighted by atomic mass is 16.3. The van der Waals surface area contributed by atoms with E-state index >= 15 is 0 Å². The van der Waals surface area contributed by atoms with Crippen molar-refractivity contribution in [2.24, 2.45) is 4.99 Å². The summed E-state index contributed by atoms with van der Waals surface area (Å²) in [6.07, 6.45) is 5.53. The molecular weight excluding hydrogens is 126 g/mol. The van der Waals surface area contributed by atoms with Crippen LogP contribution in [0, 0.1) is 0 Å². The maximum Gasteiger partial charge on any atom is 0.0682 e. The number of aliphatic imine (C=N–C) groups is 1. The predicted molar refractivity (Wildman–Crippen MR) is 42.3 cm³/mol. The predicted octanol–water partition coefficient (Wildman–Crippen LogP) is 0.936. The van der Waals surface area contributed by atoms with Gasteiger partial charge in [0.15, 0.2) is 0 Å². The summed E-state index contributed by atoms with van der Waals surface area (Å²) in [6, 6.07) is 0. The molecule has 0 spiro atoms. The van der Waals surface area contributed by atoms with Gasteiger partial charge in [-0.2, -0.15) is 0 Å². The van der Waals surface area contributed by atoms with Gasteiger partial charge in [-0.05, 0) is 18.6 Å². The first-order valence-corrected chi connectivity index (χ1v) is 3.30. The Balaban J connectivity index is 2.78. The van der Waals surface area contributed by atoms with Crippen LogP contribution in [0.2, 0.25) is 0 Å². The largest absolute Gasteiger partial charge is 0.392 e. The summed E-state index contributed by atoms with van der Waals surface area (Å²) in [6.45, 7) is 2.86. The first-order valence-electron chi connectivity index (χ1n) is 3.30. The lowest BCUT2D eigenvalue weighted by atomic mass is 10.2. The monoisotopic (exact) mass is 137 g/mol. The Bertz CT molecular complexity index is 199. The van der Waals surface area contributed by atoms with Crippen LogP contribution in [0.25, 0.3) is 0 Å². The average molecular weight is 137 g/mol. The summed E-state index contributed by atoms with van der Waals surface area (Å²) < 4.78 is 0. The molecule has 2 heteroatoms. The highest BCUT2D eigenvalue weighted by Crippen LogP contribution is 2.04. The fourth-order valence-corrected chi connectivity index (χ4v) is 0.854. The van der Waals surface area contributed by atoms with Crippen LogP contribution in [-0.4, -0.2) is 24.5 Å². The molecule has 1 aliphatic rings. The van der Waals surface area contributed by atoms with Crippen LogP contribution in [0.1, 0.15) is 6.92 Å². The highest BCUT2D eigenvalue weighted by Gasteiger charge is 1.94. The lowest BCUT2D eigenvalue weighted by Crippen LogP contribution is -1.87. The van der Waals surface area contributed by atoms with E-state index < -0.39 is 0 Å². The van der Waals surface area contributed by atoms with Gasteiger partial charge in [-0.15, -0.1) is 0 Å². The zero-order valence-electron chi connectivity index (χ0n) is 6.04. The standard InChI is InChI=1S/C8H11NO/c1-7-4-8(6-10)2-3-9-5-7/h2-4,10H,5-6H2,1H3. The molecule has 0 radical (unpaired) electrons. The number of hydrogen-bond donors (Lipinski definition) is 1. The van der Waals surface area contributed by atoms with Crippen LogP contribution in [0.5, 0.6) is 0 Å². The second-order valence-corrected chi connectivity index (χ2v) is 2.38. The van der Waals surface area contributed by atoms with Crippen molar-refractivity contribution in [2.75, 3.05) is 13.2 Å². The number of aliphatic hydroxyl groups excluding tert-OH is 1. The molecule has 54 valence electrons. The summed E-state index contributed by atoms with van der Waals surface area (Å²) in [7, 11) is 0. The first-order chi connectivity index (χ1) is 4.83. The number of hydrogen-bond acceptors (Lipinski definition) is 2. The van der Waals surface area contributed by atoms with E-state index in [4.69, 9.17) is 5.11 Å². The van der Waals surface area contributed by atoms with Gasteiger partial charge < -0.3 is 5.11 Å². The minimum atomic E-state index is 0.101. The van der Waals surface area contributed by atoms with Crippen molar-refractivity contribution in [1.29, 1.82) is 0 Å². The highest BCUT2D eigenvalue weighted by molar-refractivity contribution is 5.74. The van der Waals surface area contributed by atoms with E-state index in [-0.39, 0.29) is 6.61 Å². The molecule has 0 fully saturated rings. The molecular formula is C8H11NO. The number of nitrogens with zero attached hydrogens (tertiary/aromatic N) is 1. The van der Waals surface area contributed by atoms with Crippen molar-refractivity contribution >= 4 is 6.21 Å². The smallest absolute Gasteiger partial charge is 0.0682 e. The van der Waals surface area contributed by atoms with Crippen molar-refractivity contribution in [2.45, 2.75) is 6.92 Å². The molecule has 0 bridgehead atoms. The van der Waals surface area contributed by atoms with Crippen LogP contribution in [-0.2, 0) is 0 Å². The van der Waals surface area contributed by atoms with E-state index in [0.29, 0.717) is 0 Å². The van der Waals surface area contributed by atoms with Gasteiger partial charge in [0.2, 0.25) is 0 Å². The second-order valence-electron chi connectivity index (χ2n) is 2.38. The van der Waals surface area contributed by atoms with Crippen LogP contribution in [0.15, 0.2) is 28.3 Å². The summed E-state index contributed by atoms with van der Waals surface area (Å²) in [4.78, 5) is 4.07. The van der Waals surface area contributed by atoms with Gasteiger partial charge in [0.25, 0.3) is 0 Å². The zero-order valence-corrected chi connectivity index (χ0v) is 6.04. The van der Waals surface area contributed by atoms with Crippen molar-refractivity contribution in [3.63, 3.8) is 0 Å². The second kappa shape index (κ2) is 3.32. The van der Waals surface area contributed by atoms with E-state index in [0.717, 1.165) is 12.1 Å². The third kappa shape index (κ3) is 1.81. The Labute approximate surface area is 60.6 Å². The summed E-state index contributed by atoms with van der Waals surface area (Å²) in [5, 5.41) is 8.76. The van der Waals surface area contributed by atoms with Crippen LogP contribution in [0.4, 0.5) is 0 Å². The zero-order chi connectivity index (χ0) is 7.40. The third-order valence-electron chi connectivity index (χ3n) is 1.35. The molecule has 0 saturated carbocycles. The molecule has 1 rings (SSSR count). The van der Waals surface area contributed by atoms with Crippen molar-refractivity contribution in [1.82, 2.24) is 0 Å². The van der Waals surface area contributed by atoms with E-state index in [2.05, 4.69) is 4.99 Å². The SMILES string of the molecule is CC1=CC(CO)=CC=NC1. The molecule has 0 unspecified atom stereocenters. The Kier molecular flexibility index (Phi) is 2.40. The minimum Gasteiger partial charge on any atom is -0.392 e. The summed E-state index contributed by atoms with van der Waals surface area (Å²) in [5.41, 5.74) is 2.12. The molecule has 0 atom stereocenters.